The number of amides is 1. The molecular weight excluding hydrogens is 231 g/mol. The lowest BCUT2D eigenvalue weighted by atomic mass is 10.2. The topological polar surface area (TPSA) is 32.3 Å². The first kappa shape index (κ1) is 14.6. The Morgan fingerprint density at radius 1 is 1.33 bits per heavy atom. The van der Waals surface area contributed by atoms with Gasteiger partial charge in [-0.2, -0.15) is 0 Å². The minimum absolute atomic E-state index is 0.214. The van der Waals surface area contributed by atoms with Crippen molar-refractivity contribution >= 4 is 5.91 Å². The average Bonchev–Trinajstić information content (AvgIpc) is 2.38. The van der Waals surface area contributed by atoms with Gasteiger partial charge in [0.25, 0.3) is 5.91 Å². The Morgan fingerprint density at radius 2 is 2.06 bits per heavy atom. The standard InChI is InChI=1S/C14H21FN2O/c1-3-17(4-2)10-6-9-16-14(18)12-7-5-8-13(15)11-12/h5,7-8,11H,3-4,6,9-10H2,1-2H3,(H,16,18). The van der Waals surface area contributed by atoms with E-state index in [4.69, 9.17) is 0 Å². The molecule has 1 N–H and O–H groups in total. The molecule has 0 saturated heterocycles. The highest BCUT2D eigenvalue weighted by atomic mass is 19.1. The van der Waals surface area contributed by atoms with Crippen molar-refractivity contribution < 1.29 is 9.18 Å². The third kappa shape index (κ3) is 4.84. The van der Waals surface area contributed by atoms with Gasteiger partial charge in [0.15, 0.2) is 0 Å². The molecule has 0 fully saturated rings. The third-order valence-corrected chi connectivity index (χ3v) is 2.92. The molecule has 1 aromatic rings. The minimum atomic E-state index is -0.384. The lowest BCUT2D eigenvalue weighted by molar-refractivity contribution is 0.0951. The largest absolute Gasteiger partial charge is 0.352 e. The summed E-state index contributed by atoms with van der Waals surface area (Å²) in [6.45, 7) is 7.87. The Bertz CT molecular complexity index is 378. The van der Waals surface area contributed by atoms with Crippen LogP contribution in [0, 0.1) is 5.82 Å². The molecule has 0 aliphatic heterocycles. The fraction of sp³-hybridized carbons (Fsp3) is 0.500. The van der Waals surface area contributed by atoms with Gasteiger partial charge in [0.05, 0.1) is 0 Å². The lowest BCUT2D eigenvalue weighted by Gasteiger charge is -2.17. The number of nitrogens with one attached hydrogen (secondary N) is 1. The van der Waals surface area contributed by atoms with Crippen molar-refractivity contribution in [1.29, 1.82) is 0 Å². The fourth-order valence-electron chi connectivity index (χ4n) is 1.78. The van der Waals surface area contributed by atoms with Gasteiger partial charge in [0.1, 0.15) is 5.82 Å². The second-order valence-electron chi connectivity index (χ2n) is 4.15. The van der Waals surface area contributed by atoms with E-state index in [9.17, 15) is 9.18 Å². The van der Waals surface area contributed by atoms with Gasteiger partial charge in [0, 0.05) is 12.1 Å². The summed E-state index contributed by atoms with van der Waals surface area (Å²) in [6.07, 6.45) is 0.905. The molecular formula is C14H21FN2O. The van der Waals surface area contributed by atoms with Gasteiger partial charge in [0.2, 0.25) is 0 Å². The van der Waals surface area contributed by atoms with E-state index < -0.39 is 0 Å². The Labute approximate surface area is 108 Å². The van der Waals surface area contributed by atoms with E-state index in [0.717, 1.165) is 26.1 Å². The van der Waals surface area contributed by atoms with Crippen LogP contribution in [0.2, 0.25) is 0 Å². The molecule has 4 heteroatoms. The zero-order valence-electron chi connectivity index (χ0n) is 11.1. The highest BCUT2D eigenvalue weighted by Crippen LogP contribution is 2.03. The number of rotatable bonds is 7. The molecule has 1 rings (SSSR count). The molecule has 0 unspecified atom stereocenters. The van der Waals surface area contributed by atoms with Crippen molar-refractivity contribution in [2.45, 2.75) is 20.3 Å². The molecule has 100 valence electrons. The summed E-state index contributed by atoms with van der Waals surface area (Å²) in [5.74, 6) is -0.597. The first-order chi connectivity index (χ1) is 8.67. The van der Waals surface area contributed by atoms with Crippen molar-refractivity contribution in [1.82, 2.24) is 10.2 Å². The van der Waals surface area contributed by atoms with Gasteiger partial charge >= 0.3 is 0 Å². The normalized spacial score (nSPS) is 10.7. The molecule has 0 atom stereocenters. The minimum Gasteiger partial charge on any atom is -0.352 e. The van der Waals surface area contributed by atoms with E-state index in [0.29, 0.717) is 12.1 Å². The maximum absolute atomic E-state index is 12.9. The molecule has 0 aromatic heterocycles. The summed E-state index contributed by atoms with van der Waals surface area (Å²) in [4.78, 5) is 14.0. The first-order valence-electron chi connectivity index (χ1n) is 6.43. The van der Waals surface area contributed by atoms with E-state index >= 15 is 0 Å². The molecule has 0 aliphatic rings. The second kappa shape index (κ2) is 7.82. The van der Waals surface area contributed by atoms with E-state index in [1.807, 2.05) is 0 Å². The van der Waals surface area contributed by atoms with Crippen molar-refractivity contribution in [3.05, 3.63) is 35.6 Å². The highest BCUT2D eigenvalue weighted by molar-refractivity contribution is 5.94. The van der Waals surface area contributed by atoms with Crippen LogP contribution in [-0.4, -0.2) is 37.0 Å². The van der Waals surface area contributed by atoms with Crippen molar-refractivity contribution in [3.63, 3.8) is 0 Å². The number of benzene rings is 1. The summed E-state index contributed by atoms with van der Waals surface area (Å²) < 4.78 is 12.9. The van der Waals surface area contributed by atoms with Crippen LogP contribution in [0.15, 0.2) is 24.3 Å². The van der Waals surface area contributed by atoms with Gasteiger partial charge in [-0.15, -0.1) is 0 Å². The molecule has 0 bridgehead atoms. The quantitative estimate of drug-likeness (QED) is 0.755. The van der Waals surface area contributed by atoms with Crippen LogP contribution in [0.5, 0.6) is 0 Å². The Kier molecular flexibility index (Phi) is 6.36. The van der Waals surface area contributed by atoms with E-state index in [1.54, 1.807) is 12.1 Å². The summed E-state index contributed by atoms with van der Waals surface area (Å²) in [5, 5.41) is 2.80. The average molecular weight is 252 g/mol. The first-order valence-corrected chi connectivity index (χ1v) is 6.43. The predicted molar refractivity (Wildman–Crippen MR) is 71.1 cm³/mol. The lowest BCUT2D eigenvalue weighted by Crippen LogP contribution is -2.29. The molecule has 0 heterocycles. The number of carbonyl (C=O) groups excluding carboxylic acids is 1. The Morgan fingerprint density at radius 3 is 2.67 bits per heavy atom. The van der Waals surface area contributed by atoms with Crippen LogP contribution >= 0.6 is 0 Å². The van der Waals surface area contributed by atoms with Gasteiger partial charge in [-0.1, -0.05) is 19.9 Å². The molecule has 18 heavy (non-hydrogen) atoms. The SMILES string of the molecule is CCN(CC)CCCNC(=O)c1cccc(F)c1. The Balaban J connectivity index is 2.29. The second-order valence-corrected chi connectivity index (χ2v) is 4.15. The summed E-state index contributed by atoms with van der Waals surface area (Å²) >= 11 is 0. The van der Waals surface area contributed by atoms with Crippen LogP contribution in [-0.2, 0) is 0 Å². The molecule has 0 aliphatic carbocycles. The number of hydrogen-bond donors (Lipinski definition) is 1. The monoisotopic (exact) mass is 252 g/mol. The zero-order chi connectivity index (χ0) is 13.4. The smallest absolute Gasteiger partial charge is 0.251 e. The molecule has 1 aromatic carbocycles. The van der Waals surface area contributed by atoms with Crippen LogP contribution in [0.25, 0.3) is 0 Å². The van der Waals surface area contributed by atoms with E-state index in [2.05, 4.69) is 24.1 Å². The van der Waals surface area contributed by atoms with Crippen molar-refractivity contribution in [2.75, 3.05) is 26.2 Å². The highest BCUT2D eigenvalue weighted by Gasteiger charge is 2.05. The maximum Gasteiger partial charge on any atom is 0.251 e. The number of carbonyl (C=O) groups is 1. The summed E-state index contributed by atoms with van der Waals surface area (Å²) in [6, 6.07) is 5.74. The van der Waals surface area contributed by atoms with Crippen molar-refractivity contribution in [2.24, 2.45) is 0 Å². The number of halogens is 1. The summed E-state index contributed by atoms with van der Waals surface area (Å²) in [7, 11) is 0. The van der Waals surface area contributed by atoms with Crippen LogP contribution in [0.3, 0.4) is 0 Å². The zero-order valence-corrected chi connectivity index (χ0v) is 11.1. The summed E-state index contributed by atoms with van der Waals surface area (Å²) in [5.41, 5.74) is 0.373. The van der Waals surface area contributed by atoms with Gasteiger partial charge in [-0.25, -0.2) is 4.39 Å². The molecule has 1 amide bonds. The van der Waals surface area contributed by atoms with E-state index in [1.165, 1.54) is 12.1 Å². The fourth-order valence-corrected chi connectivity index (χ4v) is 1.78. The van der Waals surface area contributed by atoms with E-state index in [-0.39, 0.29) is 11.7 Å². The molecule has 3 nitrogen and oxygen atoms in total. The van der Waals surface area contributed by atoms with Crippen LogP contribution in [0.4, 0.5) is 4.39 Å². The molecule has 0 spiro atoms. The third-order valence-electron chi connectivity index (χ3n) is 2.92. The number of hydrogen-bond acceptors (Lipinski definition) is 2. The van der Waals surface area contributed by atoms with Gasteiger partial charge in [-0.05, 0) is 44.3 Å². The van der Waals surface area contributed by atoms with Gasteiger partial charge < -0.3 is 10.2 Å². The molecule has 0 saturated carbocycles. The maximum atomic E-state index is 12.9. The Hall–Kier alpha value is -1.42. The number of nitrogens with zero attached hydrogens (tertiary/aromatic N) is 1. The predicted octanol–water partition coefficient (Wildman–Crippen LogP) is 2.29. The van der Waals surface area contributed by atoms with Crippen LogP contribution < -0.4 is 5.32 Å². The molecule has 0 radical (unpaired) electrons. The van der Waals surface area contributed by atoms with Gasteiger partial charge in [-0.3, -0.25) is 4.79 Å². The van der Waals surface area contributed by atoms with Crippen LogP contribution in [0.1, 0.15) is 30.6 Å². The van der Waals surface area contributed by atoms with Crippen molar-refractivity contribution in [3.8, 4) is 0 Å².